The number of esters is 1. The van der Waals surface area contributed by atoms with Crippen molar-refractivity contribution >= 4 is 18.1 Å². The molecule has 0 heterocycles. The predicted molar refractivity (Wildman–Crippen MR) is 110 cm³/mol. The van der Waals surface area contributed by atoms with E-state index in [4.69, 9.17) is 14.2 Å². The van der Waals surface area contributed by atoms with Crippen LogP contribution in [0.25, 0.3) is 12.2 Å². The van der Waals surface area contributed by atoms with Gasteiger partial charge in [-0.05, 0) is 23.8 Å². The average Bonchev–Trinajstić information content (AvgIpc) is 2.76. The van der Waals surface area contributed by atoms with Crippen LogP contribution in [0.3, 0.4) is 0 Å². The second-order valence-electron chi connectivity index (χ2n) is 6.09. The van der Waals surface area contributed by atoms with E-state index in [1.165, 1.54) is 7.11 Å². The number of rotatable bonds is 7. The minimum absolute atomic E-state index is 0.395. The van der Waals surface area contributed by atoms with E-state index in [-0.39, 0.29) is 0 Å². The molecule has 0 radical (unpaired) electrons. The van der Waals surface area contributed by atoms with Crippen molar-refractivity contribution in [2.24, 2.45) is 0 Å². The van der Waals surface area contributed by atoms with Gasteiger partial charge in [-0.3, -0.25) is 0 Å². The highest BCUT2D eigenvalue weighted by Gasteiger charge is 2.09. The fraction of sp³-hybridized carbons (Fsp3) is 0.125. The predicted octanol–water partition coefficient (Wildman–Crippen LogP) is 5.23. The third-order valence-electron chi connectivity index (χ3n) is 4.25. The lowest BCUT2D eigenvalue weighted by atomic mass is 10.1. The molecular formula is C24H22O4. The van der Waals surface area contributed by atoms with Crippen molar-refractivity contribution in [1.29, 1.82) is 0 Å². The quantitative estimate of drug-likeness (QED) is 0.419. The fourth-order valence-electron chi connectivity index (χ4n) is 2.76. The second kappa shape index (κ2) is 9.42. The van der Waals surface area contributed by atoms with Gasteiger partial charge in [0.1, 0.15) is 18.1 Å². The zero-order valence-corrected chi connectivity index (χ0v) is 15.9. The van der Waals surface area contributed by atoms with E-state index in [2.05, 4.69) is 0 Å². The van der Waals surface area contributed by atoms with Gasteiger partial charge in [-0.2, -0.15) is 0 Å². The summed E-state index contributed by atoms with van der Waals surface area (Å²) in [5, 5.41) is 0. The van der Waals surface area contributed by atoms with Crippen LogP contribution in [0.1, 0.15) is 27.0 Å². The zero-order chi connectivity index (χ0) is 19.8. The van der Waals surface area contributed by atoms with Crippen LogP contribution < -0.4 is 9.47 Å². The molecule has 4 heteroatoms. The van der Waals surface area contributed by atoms with Gasteiger partial charge >= 0.3 is 5.97 Å². The van der Waals surface area contributed by atoms with Crippen LogP contribution in [0.5, 0.6) is 11.5 Å². The minimum Gasteiger partial charge on any atom is -0.496 e. The van der Waals surface area contributed by atoms with Crippen LogP contribution in [0.4, 0.5) is 0 Å². The molecule has 0 unspecified atom stereocenters. The number of para-hydroxylation sites is 1. The Bertz CT molecular complexity index is 961. The van der Waals surface area contributed by atoms with Gasteiger partial charge in [-0.25, -0.2) is 4.79 Å². The van der Waals surface area contributed by atoms with Gasteiger partial charge in [0.15, 0.2) is 0 Å². The Morgan fingerprint density at radius 3 is 2.21 bits per heavy atom. The van der Waals surface area contributed by atoms with E-state index in [1.807, 2.05) is 72.8 Å². The lowest BCUT2D eigenvalue weighted by Crippen LogP contribution is -2.01. The molecule has 0 saturated heterocycles. The van der Waals surface area contributed by atoms with Gasteiger partial charge in [-0.15, -0.1) is 0 Å². The van der Waals surface area contributed by atoms with Gasteiger partial charge < -0.3 is 14.2 Å². The highest BCUT2D eigenvalue weighted by atomic mass is 16.5. The monoisotopic (exact) mass is 374 g/mol. The molecule has 0 spiro atoms. The van der Waals surface area contributed by atoms with Gasteiger partial charge in [0, 0.05) is 11.1 Å². The zero-order valence-electron chi connectivity index (χ0n) is 15.9. The molecule has 0 aliphatic heterocycles. The fourth-order valence-corrected chi connectivity index (χ4v) is 2.76. The Labute approximate surface area is 165 Å². The van der Waals surface area contributed by atoms with Crippen LogP contribution in [0.15, 0.2) is 72.8 Å². The Kier molecular flexibility index (Phi) is 6.47. The molecule has 0 aliphatic carbocycles. The smallest absolute Gasteiger partial charge is 0.337 e. The third-order valence-corrected chi connectivity index (χ3v) is 4.25. The van der Waals surface area contributed by atoms with Gasteiger partial charge in [-0.1, -0.05) is 66.7 Å². The standard InChI is InChI=1S/C24H22O4/c1-26-23-16-21(24(25)27-2)15-14-20(23)13-12-19-10-6-7-11-22(19)28-17-18-8-4-3-5-9-18/h3-16H,17H2,1-2H3. The maximum Gasteiger partial charge on any atom is 0.337 e. The first kappa shape index (κ1) is 19.2. The van der Waals surface area contributed by atoms with Crippen LogP contribution in [0, 0.1) is 0 Å². The molecule has 3 rings (SSSR count). The van der Waals surface area contributed by atoms with Crippen molar-refractivity contribution in [3.8, 4) is 11.5 Å². The van der Waals surface area contributed by atoms with Gasteiger partial charge in [0.2, 0.25) is 0 Å². The number of methoxy groups -OCH3 is 2. The number of carbonyl (C=O) groups excluding carboxylic acids is 1. The topological polar surface area (TPSA) is 44.8 Å². The lowest BCUT2D eigenvalue weighted by molar-refractivity contribution is 0.0600. The normalized spacial score (nSPS) is 10.6. The molecule has 3 aromatic carbocycles. The molecular weight excluding hydrogens is 352 g/mol. The second-order valence-corrected chi connectivity index (χ2v) is 6.09. The largest absolute Gasteiger partial charge is 0.496 e. The Balaban J connectivity index is 1.80. The molecule has 0 fully saturated rings. The molecule has 0 aromatic heterocycles. The van der Waals surface area contributed by atoms with Gasteiger partial charge in [0.25, 0.3) is 0 Å². The summed E-state index contributed by atoms with van der Waals surface area (Å²) in [7, 11) is 2.93. The minimum atomic E-state index is -0.395. The maximum absolute atomic E-state index is 11.7. The molecule has 0 saturated carbocycles. The molecule has 28 heavy (non-hydrogen) atoms. The van der Waals surface area contributed by atoms with E-state index in [9.17, 15) is 4.79 Å². The Morgan fingerprint density at radius 2 is 1.50 bits per heavy atom. The van der Waals surface area contributed by atoms with Crippen molar-refractivity contribution < 1.29 is 19.0 Å². The number of carbonyl (C=O) groups is 1. The Hall–Kier alpha value is -3.53. The highest BCUT2D eigenvalue weighted by Crippen LogP contribution is 2.26. The first-order valence-electron chi connectivity index (χ1n) is 8.91. The summed E-state index contributed by atoms with van der Waals surface area (Å²) in [6, 6.07) is 23.1. The van der Waals surface area contributed by atoms with Crippen LogP contribution >= 0.6 is 0 Å². The third kappa shape index (κ3) is 4.80. The first-order chi connectivity index (χ1) is 13.7. The summed E-state index contributed by atoms with van der Waals surface area (Å²) in [6.45, 7) is 0.503. The summed E-state index contributed by atoms with van der Waals surface area (Å²) < 4.78 is 16.2. The van der Waals surface area contributed by atoms with E-state index in [0.717, 1.165) is 22.4 Å². The molecule has 142 valence electrons. The molecule has 0 N–H and O–H groups in total. The number of hydrogen-bond donors (Lipinski definition) is 0. The average molecular weight is 374 g/mol. The number of ether oxygens (including phenoxy) is 3. The summed E-state index contributed by atoms with van der Waals surface area (Å²) in [5.74, 6) is 1.00. The molecule has 4 nitrogen and oxygen atoms in total. The van der Waals surface area contributed by atoms with E-state index < -0.39 is 5.97 Å². The molecule has 0 bridgehead atoms. The molecule has 0 aliphatic rings. The highest BCUT2D eigenvalue weighted by molar-refractivity contribution is 5.90. The molecule has 0 atom stereocenters. The van der Waals surface area contributed by atoms with E-state index >= 15 is 0 Å². The summed E-state index contributed by atoms with van der Waals surface area (Å²) >= 11 is 0. The SMILES string of the molecule is COC(=O)c1ccc(C=Cc2ccccc2OCc2ccccc2)c(OC)c1. The van der Waals surface area contributed by atoms with Crippen molar-refractivity contribution in [3.05, 3.63) is 95.1 Å². The van der Waals surface area contributed by atoms with Crippen LogP contribution in [-0.4, -0.2) is 20.2 Å². The first-order valence-corrected chi connectivity index (χ1v) is 8.91. The van der Waals surface area contributed by atoms with Crippen molar-refractivity contribution in [2.45, 2.75) is 6.61 Å². The van der Waals surface area contributed by atoms with E-state index in [0.29, 0.717) is 17.9 Å². The van der Waals surface area contributed by atoms with Crippen LogP contribution in [-0.2, 0) is 11.3 Å². The Morgan fingerprint density at radius 1 is 0.821 bits per heavy atom. The van der Waals surface area contributed by atoms with Crippen LogP contribution in [0.2, 0.25) is 0 Å². The lowest BCUT2D eigenvalue weighted by Gasteiger charge is -2.10. The summed E-state index contributed by atoms with van der Waals surface area (Å²) in [4.78, 5) is 11.7. The summed E-state index contributed by atoms with van der Waals surface area (Å²) in [6.07, 6.45) is 3.90. The van der Waals surface area contributed by atoms with E-state index in [1.54, 1.807) is 19.2 Å². The summed E-state index contributed by atoms with van der Waals surface area (Å²) in [5.41, 5.74) is 3.37. The molecule has 3 aromatic rings. The van der Waals surface area contributed by atoms with Crippen molar-refractivity contribution in [3.63, 3.8) is 0 Å². The number of hydrogen-bond acceptors (Lipinski definition) is 4. The van der Waals surface area contributed by atoms with Gasteiger partial charge in [0.05, 0.1) is 19.8 Å². The number of benzene rings is 3. The van der Waals surface area contributed by atoms with Crippen molar-refractivity contribution in [2.75, 3.05) is 14.2 Å². The molecule has 0 amide bonds. The maximum atomic E-state index is 11.7. The van der Waals surface area contributed by atoms with Crippen molar-refractivity contribution in [1.82, 2.24) is 0 Å².